The molecule has 0 saturated heterocycles. The van der Waals surface area contributed by atoms with E-state index in [1.165, 1.54) is 6.21 Å². The van der Waals surface area contributed by atoms with E-state index in [2.05, 4.69) is 31.8 Å². The van der Waals surface area contributed by atoms with Gasteiger partial charge in [0.2, 0.25) is 5.91 Å². The summed E-state index contributed by atoms with van der Waals surface area (Å²) in [6, 6.07) is 12.5. The average Bonchev–Trinajstić information content (AvgIpc) is 2.71. The molecule has 0 spiro atoms. The number of rotatable bonds is 9. The van der Waals surface area contributed by atoms with E-state index >= 15 is 0 Å². The molecule has 0 aliphatic carbocycles. The molecule has 0 aliphatic rings. The molecule has 148 valence electrons. The van der Waals surface area contributed by atoms with Crippen LogP contribution in [0.4, 0.5) is 0 Å². The average molecular weight is 448 g/mol. The third-order valence-electron chi connectivity index (χ3n) is 3.76. The molecule has 0 unspecified atom stereocenters. The molecule has 0 atom stereocenters. The minimum Gasteiger partial charge on any atom is -0.493 e. The van der Waals surface area contributed by atoms with Crippen LogP contribution in [-0.4, -0.2) is 38.8 Å². The molecule has 2 N–H and O–H groups in total. The van der Waals surface area contributed by atoms with Crippen LogP contribution in [0.1, 0.15) is 28.8 Å². The van der Waals surface area contributed by atoms with Crippen molar-refractivity contribution in [1.29, 1.82) is 0 Å². The standard InChI is InChI=1S/C20H22BrN3O4/c1-27-17-12-14(11-16(21)19(17)28-2)13-23-24-18(25)9-6-10-22-20(26)15-7-4-3-5-8-15/h3-5,7-8,11-13H,6,9-10H2,1-2H3,(H,22,26)(H,24,25)/b23-13+. The Balaban J connectivity index is 1.75. The molecule has 0 saturated carbocycles. The van der Waals surface area contributed by atoms with E-state index < -0.39 is 0 Å². The Morgan fingerprint density at radius 3 is 2.57 bits per heavy atom. The quantitative estimate of drug-likeness (QED) is 0.351. The maximum absolute atomic E-state index is 11.9. The van der Waals surface area contributed by atoms with Crippen molar-refractivity contribution in [1.82, 2.24) is 10.7 Å². The first-order valence-electron chi connectivity index (χ1n) is 8.61. The van der Waals surface area contributed by atoms with Gasteiger partial charge >= 0.3 is 0 Å². The van der Waals surface area contributed by atoms with Gasteiger partial charge in [0.25, 0.3) is 5.91 Å². The maximum atomic E-state index is 11.9. The maximum Gasteiger partial charge on any atom is 0.251 e. The van der Waals surface area contributed by atoms with Gasteiger partial charge in [-0.1, -0.05) is 18.2 Å². The number of nitrogens with one attached hydrogen (secondary N) is 2. The van der Waals surface area contributed by atoms with Gasteiger partial charge < -0.3 is 14.8 Å². The van der Waals surface area contributed by atoms with Crippen LogP contribution in [0.25, 0.3) is 0 Å². The number of carbonyl (C=O) groups is 2. The van der Waals surface area contributed by atoms with E-state index in [0.717, 1.165) is 10.0 Å². The van der Waals surface area contributed by atoms with E-state index in [1.807, 2.05) is 6.07 Å². The predicted molar refractivity (Wildman–Crippen MR) is 111 cm³/mol. The van der Waals surface area contributed by atoms with E-state index in [4.69, 9.17) is 9.47 Å². The highest BCUT2D eigenvalue weighted by Crippen LogP contribution is 2.35. The second kappa shape index (κ2) is 11.1. The molecule has 2 aromatic carbocycles. The summed E-state index contributed by atoms with van der Waals surface area (Å²) in [7, 11) is 3.10. The lowest BCUT2D eigenvalue weighted by atomic mass is 10.2. The Kier molecular flexibility index (Phi) is 8.48. The largest absolute Gasteiger partial charge is 0.493 e. The molecule has 0 fully saturated rings. The topological polar surface area (TPSA) is 89.0 Å². The van der Waals surface area contributed by atoms with Gasteiger partial charge in [-0.25, -0.2) is 5.43 Å². The number of amides is 2. The summed E-state index contributed by atoms with van der Waals surface area (Å²) in [6.45, 7) is 0.410. The van der Waals surface area contributed by atoms with Crippen molar-refractivity contribution in [2.75, 3.05) is 20.8 Å². The van der Waals surface area contributed by atoms with Crippen LogP contribution in [-0.2, 0) is 4.79 Å². The number of methoxy groups -OCH3 is 2. The Morgan fingerprint density at radius 1 is 1.14 bits per heavy atom. The second-order valence-electron chi connectivity index (χ2n) is 5.76. The van der Waals surface area contributed by atoms with Crippen LogP contribution >= 0.6 is 15.9 Å². The summed E-state index contributed by atoms with van der Waals surface area (Å²) in [6.07, 6.45) is 2.28. The smallest absolute Gasteiger partial charge is 0.251 e. The van der Waals surface area contributed by atoms with Crippen molar-refractivity contribution in [3.05, 3.63) is 58.1 Å². The molecule has 2 amide bonds. The van der Waals surface area contributed by atoms with Crippen molar-refractivity contribution in [3.63, 3.8) is 0 Å². The lowest BCUT2D eigenvalue weighted by molar-refractivity contribution is -0.121. The molecular formula is C20H22BrN3O4. The predicted octanol–water partition coefficient (Wildman–Crippen LogP) is 3.13. The zero-order chi connectivity index (χ0) is 20.4. The Bertz CT molecular complexity index is 841. The lowest BCUT2D eigenvalue weighted by Gasteiger charge is -2.10. The van der Waals surface area contributed by atoms with Crippen LogP contribution in [0.2, 0.25) is 0 Å². The van der Waals surface area contributed by atoms with Gasteiger partial charge in [0.15, 0.2) is 11.5 Å². The molecule has 0 heterocycles. The van der Waals surface area contributed by atoms with Crippen molar-refractivity contribution < 1.29 is 19.1 Å². The number of ether oxygens (including phenoxy) is 2. The molecule has 7 nitrogen and oxygen atoms in total. The fourth-order valence-electron chi connectivity index (χ4n) is 2.39. The number of nitrogens with zero attached hydrogens (tertiary/aromatic N) is 1. The second-order valence-corrected chi connectivity index (χ2v) is 6.61. The summed E-state index contributed by atoms with van der Waals surface area (Å²) >= 11 is 3.40. The van der Waals surface area contributed by atoms with Crippen molar-refractivity contribution in [3.8, 4) is 11.5 Å². The summed E-state index contributed by atoms with van der Waals surface area (Å²) in [5, 5.41) is 6.72. The van der Waals surface area contributed by atoms with Crippen LogP contribution < -0.4 is 20.2 Å². The van der Waals surface area contributed by atoms with Gasteiger partial charge in [-0.05, 0) is 52.2 Å². The minimum atomic E-state index is -0.232. The van der Waals surface area contributed by atoms with Gasteiger partial charge in [0.05, 0.1) is 24.9 Å². The fourth-order valence-corrected chi connectivity index (χ4v) is 3.01. The molecule has 0 aromatic heterocycles. The fraction of sp³-hybridized carbons (Fsp3) is 0.250. The zero-order valence-electron chi connectivity index (χ0n) is 15.7. The SMILES string of the molecule is COc1cc(/C=N/NC(=O)CCCNC(=O)c2ccccc2)cc(Br)c1OC. The van der Waals surface area contributed by atoms with Gasteiger partial charge in [-0.3, -0.25) is 9.59 Å². The van der Waals surface area contributed by atoms with Crippen molar-refractivity contribution in [2.45, 2.75) is 12.8 Å². The monoisotopic (exact) mass is 447 g/mol. The lowest BCUT2D eigenvalue weighted by Crippen LogP contribution is -2.26. The van der Waals surface area contributed by atoms with Crippen molar-refractivity contribution in [2.24, 2.45) is 5.10 Å². The number of hydrazone groups is 1. The third kappa shape index (κ3) is 6.38. The van der Waals surface area contributed by atoms with E-state index in [9.17, 15) is 9.59 Å². The molecule has 8 heteroatoms. The highest BCUT2D eigenvalue weighted by Gasteiger charge is 2.09. The molecule has 0 radical (unpaired) electrons. The van der Waals surface area contributed by atoms with E-state index in [0.29, 0.717) is 30.0 Å². The zero-order valence-corrected chi connectivity index (χ0v) is 17.3. The van der Waals surface area contributed by atoms with Crippen LogP contribution in [0, 0.1) is 0 Å². The molecule has 2 aromatic rings. The Morgan fingerprint density at radius 2 is 1.89 bits per heavy atom. The van der Waals surface area contributed by atoms with Gasteiger partial charge in [-0.2, -0.15) is 5.10 Å². The molecule has 28 heavy (non-hydrogen) atoms. The third-order valence-corrected chi connectivity index (χ3v) is 4.35. The first-order chi connectivity index (χ1) is 13.5. The summed E-state index contributed by atoms with van der Waals surface area (Å²) in [4.78, 5) is 23.7. The summed E-state index contributed by atoms with van der Waals surface area (Å²) in [5.74, 6) is 0.753. The number of hydrogen-bond acceptors (Lipinski definition) is 5. The highest BCUT2D eigenvalue weighted by atomic mass is 79.9. The molecule has 2 rings (SSSR count). The van der Waals surface area contributed by atoms with E-state index in [-0.39, 0.29) is 18.2 Å². The van der Waals surface area contributed by atoms with Crippen molar-refractivity contribution >= 4 is 34.0 Å². The number of hydrogen-bond donors (Lipinski definition) is 2. The first kappa shape index (κ1) is 21.4. The summed E-state index contributed by atoms with van der Waals surface area (Å²) < 4.78 is 11.2. The number of benzene rings is 2. The van der Waals surface area contributed by atoms with Crippen LogP contribution in [0.15, 0.2) is 52.0 Å². The van der Waals surface area contributed by atoms with Crippen LogP contribution in [0.3, 0.4) is 0 Å². The molecule has 0 bridgehead atoms. The van der Waals surface area contributed by atoms with Gasteiger partial charge in [0, 0.05) is 18.5 Å². The molecule has 0 aliphatic heterocycles. The van der Waals surface area contributed by atoms with Crippen LogP contribution in [0.5, 0.6) is 11.5 Å². The van der Waals surface area contributed by atoms with Gasteiger partial charge in [-0.15, -0.1) is 0 Å². The normalized spacial score (nSPS) is 10.5. The Hall–Kier alpha value is -2.87. The minimum absolute atomic E-state index is 0.155. The Labute approximate surface area is 172 Å². The van der Waals surface area contributed by atoms with E-state index in [1.54, 1.807) is 50.6 Å². The van der Waals surface area contributed by atoms with Gasteiger partial charge in [0.1, 0.15) is 0 Å². The summed E-state index contributed by atoms with van der Waals surface area (Å²) in [5.41, 5.74) is 3.80. The number of halogens is 1. The highest BCUT2D eigenvalue weighted by molar-refractivity contribution is 9.10. The first-order valence-corrected chi connectivity index (χ1v) is 9.41. The molecular weight excluding hydrogens is 426 g/mol. The number of carbonyl (C=O) groups excluding carboxylic acids is 2.